The summed E-state index contributed by atoms with van der Waals surface area (Å²) in [4.78, 5) is 11.5. The van der Waals surface area contributed by atoms with Gasteiger partial charge in [0.05, 0.1) is 5.56 Å². The summed E-state index contributed by atoms with van der Waals surface area (Å²) in [5.74, 6) is 1.40. The molecule has 162 valence electrons. The summed E-state index contributed by atoms with van der Waals surface area (Å²) in [7, 11) is 0. The number of aryl methyl sites for hydroxylation is 2. The molecule has 5 heterocycles. The van der Waals surface area contributed by atoms with Gasteiger partial charge in [0.15, 0.2) is 0 Å². The molecular weight excluding hydrogens is 392 g/mol. The third-order valence-corrected chi connectivity index (χ3v) is 6.34. The van der Waals surface area contributed by atoms with Gasteiger partial charge in [-0.2, -0.15) is 0 Å². The highest BCUT2D eigenvalue weighted by atomic mass is 16.5. The number of ether oxygens (including phenoxy) is 2. The first-order chi connectivity index (χ1) is 15.2. The average molecular weight is 421 g/mol. The predicted molar refractivity (Wildman–Crippen MR) is 116 cm³/mol. The Hall–Kier alpha value is -2.77. The summed E-state index contributed by atoms with van der Waals surface area (Å²) in [5, 5.41) is 4.22. The maximum Gasteiger partial charge on any atom is 0.213 e. The molecule has 5 rings (SSSR count). The smallest absolute Gasteiger partial charge is 0.213 e. The lowest BCUT2D eigenvalue weighted by Gasteiger charge is -2.37. The molecule has 0 radical (unpaired) electrons. The molecule has 3 aromatic rings. The summed E-state index contributed by atoms with van der Waals surface area (Å²) >= 11 is 0. The molecule has 0 bridgehead atoms. The van der Waals surface area contributed by atoms with Crippen LogP contribution >= 0.6 is 0 Å². The molecule has 1 fully saturated rings. The first-order valence-electron chi connectivity index (χ1n) is 11.0. The van der Waals surface area contributed by atoms with Crippen LogP contribution in [0.4, 0.5) is 0 Å². The zero-order chi connectivity index (χ0) is 21.2. The number of pyridine rings is 2. The molecule has 1 saturated heterocycles. The fourth-order valence-electron chi connectivity index (χ4n) is 4.42. The SMILES string of the molecule is Cc1ccc(-c2noc(C)c2COc2cc3c(cn2)CN(C2CCOCC2)CC3)cn1. The van der Waals surface area contributed by atoms with E-state index in [4.69, 9.17) is 14.0 Å². The maximum absolute atomic E-state index is 6.06. The molecule has 0 aromatic carbocycles. The van der Waals surface area contributed by atoms with Crippen LogP contribution in [-0.4, -0.2) is 45.8 Å². The normalized spacial score (nSPS) is 17.5. The Morgan fingerprint density at radius 2 is 1.97 bits per heavy atom. The van der Waals surface area contributed by atoms with Crippen LogP contribution in [0.25, 0.3) is 11.3 Å². The van der Waals surface area contributed by atoms with E-state index in [1.807, 2.05) is 38.4 Å². The van der Waals surface area contributed by atoms with Crippen LogP contribution < -0.4 is 4.74 Å². The number of fused-ring (bicyclic) bond motifs is 1. The van der Waals surface area contributed by atoms with E-state index in [0.29, 0.717) is 18.5 Å². The molecule has 0 N–H and O–H groups in total. The van der Waals surface area contributed by atoms with E-state index >= 15 is 0 Å². The molecule has 0 saturated carbocycles. The fourth-order valence-corrected chi connectivity index (χ4v) is 4.42. The Kier molecular flexibility index (Phi) is 5.70. The molecule has 3 aromatic heterocycles. The number of nitrogens with zero attached hydrogens (tertiary/aromatic N) is 4. The topological polar surface area (TPSA) is 73.5 Å². The van der Waals surface area contributed by atoms with E-state index in [2.05, 4.69) is 26.1 Å². The molecule has 7 heteroatoms. The van der Waals surface area contributed by atoms with Crippen molar-refractivity contribution < 1.29 is 14.0 Å². The van der Waals surface area contributed by atoms with Gasteiger partial charge in [0.1, 0.15) is 18.1 Å². The molecule has 0 spiro atoms. The van der Waals surface area contributed by atoms with Crippen LogP contribution in [0.5, 0.6) is 5.88 Å². The van der Waals surface area contributed by atoms with Gasteiger partial charge in [0.2, 0.25) is 5.88 Å². The predicted octanol–water partition coefficient (Wildman–Crippen LogP) is 3.86. The Bertz CT molecular complexity index is 1040. The van der Waals surface area contributed by atoms with Crippen LogP contribution in [0, 0.1) is 13.8 Å². The third kappa shape index (κ3) is 4.34. The lowest BCUT2D eigenvalue weighted by atomic mass is 9.98. The molecule has 0 atom stereocenters. The molecule has 0 aliphatic carbocycles. The highest BCUT2D eigenvalue weighted by molar-refractivity contribution is 5.62. The minimum Gasteiger partial charge on any atom is -0.473 e. The minimum atomic E-state index is 0.360. The summed E-state index contributed by atoms with van der Waals surface area (Å²) in [5.41, 5.74) is 6.23. The van der Waals surface area contributed by atoms with Gasteiger partial charge in [-0.3, -0.25) is 9.88 Å². The van der Waals surface area contributed by atoms with E-state index in [1.54, 1.807) is 0 Å². The summed E-state index contributed by atoms with van der Waals surface area (Å²) < 4.78 is 17.0. The molecule has 0 amide bonds. The third-order valence-electron chi connectivity index (χ3n) is 6.34. The zero-order valence-corrected chi connectivity index (χ0v) is 18.1. The van der Waals surface area contributed by atoms with Crippen molar-refractivity contribution >= 4 is 0 Å². The Morgan fingerprint density at radius 3 is 2.77 bits per heavy atom. The van der Waals surface area contributed by atoms with Crippen molar-refractivity contribution in [1.29, 1.82) is 0 Å². The summed E-state index contributed by atoms with van der Waals surface area (Å²) in [6.45, 7) is 8.02. The van der Waals surface area contributed by atoms with E-state index in [1.165, 1.54) is 11.1 Å². The number of hydrogen-bond acceptors (Lipinski definition) is 7. The highest BCUT2D eigenvalue weighted by Crippen LogP contribution is 2.28. The summed E-state index contributed by atoms with van der Waals surface area (Å²) in [6.07, 6.45) is 7.07. The molecule has 31 heavy (non-hydrogen) atoms. The first-order valence-corrected chi connectivity index (χ1v) is 11.0. The van der Waals surface area contributed by atoms with Gasteiger partial charge in [-0.15, -0.1) is 0 Å². The highest BCUT2D eigenvalue weighted by Gasteiger charge is 2.26. The van der Waals surface area contributed by atoms with Crippen molar-refractivity contribution in [2.75, 3.05) is 19.8 Å². The van der Waals surface area contributed by atoms with Crippen molar-refractivity contribution in [3.8, 4) is 17.1 Å². The largest absolute Gasteiger partial charge is 0.473 e. The number of rotatable bonds is 5. The second-order valence-electron chi connectivity index (χ2n) is 8.40. The van der Waals surface area contributed by atoms with Crippen LogP contribution in [-0.2, 0) is 24.3 Å². The van der Waals surface area contributed by atoms with Gasteiger partial charge >= 0.3 is 0 Å². The standard InChI is InChI=1S/C24H28N4O3/c1-16-3-4-19(12-25-16)24-22(17(2)31-27-24)15-30-23-11-18-5-8-28(14-20(18)13-26-23)21-6-9-29-10-7-21/h3-4,11-13,21H,5-10,14-15H2,1-2H3. The second kappa shape index (κ2) is 8.77. The van der Waals surface area contributed by atoms with Crippen LogP contribution in [0.15, 0.2) is 35.1 Å². The van der Waals surface area contributed by atoms with Gasteiger partial charge in [-0.25, -0.2) is 4.98 Å². The monoisotopic (exact) mass is 420 g/mol. The Balaban J connectivity index is 1.27. The Morgan fingerprint density at radius 1 is 1.10 bits per heavy atom. The van der Waals surface area contributed by atoms with Crippen LogP contribution in [0.1, 0.15) is 41.0 Å². The minimum absolute atomic E-state index is 0.360. The molecule has 7 nitrogen and oxygen atoms in total. The molecular formula is C24H28N4O3. The number of hydrogen-bond donors (Lipinski definition) is 0. The van der Waals surface area contributed by atoms with E-state index < -0.39 is 0 Å². The van der Waals surface area contributed by atoms with E-state index in [9.17, 15) is 0 Å². The second-order valence-corrected chi connectivity index (χ2v) is 8.40. The van der Waals surface area contributed by atoms with Crippen LogP contribution in [0.3, 0.4) is 0 Å². The van der Waals surface area contributed by atoms with Crippen molar-refractivity contribution in [1.82, 2.24) is 20.0 Å². The van der Waals surface area contributed by atoms with Crippen molar-refractivity contribution in [3.63, 3.8) is 0 Å². The summed E-state index contributed by atoms with van der Waals surface area (Å²) in [6, 6.07) is 6.69. The molecule has 0 unspecified atom stereocenters. The van der Waals surface area contributed by atoms with Gasteiger partial charge < -0.3 is 14.0 Å². The van der Waals surface area contributed by atoms with Crippen LogP contribution in [0.2, 0.25) is 0 Å². The van der Waals surface area contributed by atoms with E-state index in [-0.39, 0.29) is 0 Å². The fraction of sp³-hybridized carbons (Fsp3) is 0.458. The van der Waals surface area contributed by atoms with Crippen molar-refractivity contribution in [2.24, 2.45) is 0 Å². The van der Waals surface area contributed by atoms with Crippen molar-refractivity contribution in [3.05, 3.63) is 58.7 Å². The van der Waals surface area contributed by atoms with Gasteiger partial charge in [-0.1, -0.05) is 5.16 Å². The quantitative estimate of drug-likeness (QED) is 0.620. The Labute approximate surface area is 182 Å². The molecule has 2 aliphatic rings. The molecule has 2 aliphatic heterocycles. The number of aromatic nitrogens is 3. The lowest BCUT2D eigenvalue weighted by molar-refractivity contribution is 0.0289. The van der Waals surface area contributed by atoms with Gasteiger partial charge in [0, 0.05) is 62.1 Å². The zero-order valence-electron chi connectivity index (χ0n) is 18.1. The maximum atomic E-state index is 6.06. The van der Waals surface area contributed by atoms with Gasteiger partial charge in [0.25, 0.3) is 0 Å². The van der Waals surface area contributed by atoms with Gasteiger partial charge in [-0.05, 0) is 56.4 Å². The lowest BCUT2D eigenvalue weighted by Crippen LogP contribution is -2.42. The van der Waals surface area contributed by atoms with E-state index in [0.717, 1.165) is 73.8 Å². The average Bonchev–Trinajstić information content (AvgIpc) is 3.18. The first kappa shape index (κ1) is 20.2. The van der Waals surface area contributed by atoms with Crippen molar-refractivity contribution in [2.45, 2.75) is 52.3 Å².